The fourth-order valence-electron chi connectivity index (χ4n) is 2.48. The lowest BCUT2D eigenvalue weighted by Gasteiger charge is -2.36. The average Bonchev–Trinajstić information content (AvgIpc) is 2.56. The first-order chi connectivity index (χ1) is 11.1. The summed E-state index contributed by atoms with van der Waals surface area (Å²) in [6.45, 7) is 1.94. The second-order valence-corrected chi connectivity index (χ2v) is 6.44. The topological polar surface area (TPSA) is 35.9 Å². The van der Waals surface area contributed by atoms with Crippen molar-refractivity contribution in [2.75, 3.05) is 22.7 Å². The van der Waals surface area contributed by atoms with E-state index in [1.54, 1.807) is 22.9 Å². The lowest BCUT2D eigenvalue weighted by Crippen LogP contribution is -2.50. The second kappa shape index (κ2) is 6.64. The number of amidine groups is 1. The summed E-state index contributed by atoms with van der Waals surface area (Å²) in [4.78, 5) is 20.7. The number of rotatable bonds is 2. The molecule has 0 bridgehead atoms. The van der Waals surface area contributed by atoms with E-state index in [9.17, 15) is 4.79 Å². The van der Waals surface area contributed by atoms with Crippen LogP contribution in [0.15, 0.2) is 53.5 Å². The van der Waals surface area contributed by atoms with Gasteiger partial charge in [-0.05, 0) is 42.8 Å². The van der Waals surface area contributed by atoms with Gasteiger partial charge in [0.15, 0.2) is 5.17 Å². The van der Waals surface area contributed by atoms with E-state index in [4.69, 9.17) is 11.6 Å². The van der Waals surface area contributed by atoms with Crippen molar-refractivity contribution in [1.82, 2.24) is 0 Å². The van der Waals surface area contributed by atoms with Gasteiger partial charge in [0, 0.05) is 17.8 Å². The number of thioether (sulfide) groups is 1. The Morgan fingerprint density at radius 1 is 1.17 bits per heavy atom. The molecule has 1 fully saturated rings. The van der Waals surface area contributed by atoms with Gasteiger partial charge in [-0.1, -0.05) is 41.6 Å². The lowest BCUT2D eigenvalue weighted by molar-refractivity contribution is 0.254. The Labute approximate surface area is 144 Å². The minimum atomic E-state index is -0.110. The van der Waals surface area contributed by atoms with Crippen molar-refractivity contribution in [3.8, 4) is 0 Å². The number of hydrogen-bond donors (Lipinski definition) is 0. The number of nitrogens with zero attached hydrogens (tertiary/aromatic N) is 3. The molecule has 1 aliphatic rings. The van der Waals surface area contributed by atoms with Gasteiger partial charge in [0.05, 0.1) is 11.6 Å². The van der Waals surface area contributed by atoms with Crippen LogP contribution in [-0.4, -0.2) is 24.1 Å². The third kappa shape index (κ3) is 3.07. The van der Waals surface area contributed by atoms with Gasteiger partial charge in [-0.3, -0.25) is 9.89 Å². The van der Waals surface area contributed by atoms with E-state index in [1.165, 1.54) is 11.8 Å². The summed E-state index contributed by atoms with van der Waals surface area (Å²) in [5.41, 5.74) is 2.60. The van der Waals surface area contributed by atoms with E-state index in [1.807, 2.05) is 49.4 Å². The van der Waals surface area contributed by atoms with E-state index in [0.29, 0.717) is 16.1 Å². The van der Waals surface area contributed by atoms with Crippen LogP contribution in [0, 0.1) is 6.92 Å². The molecular formula is C17H16ClN3OS. The Hall–Kier alpha value is -1.98. The molecule has 118 valence electrons. The smallest absolute Gasteiger partial charge is 0.283 e. The molecule has 4 nitrogen and oxygen atoms in total. The number of para-hydroxylation sites is 1. The Morgan fingerprint density at radius 2 is 1.91 bits per heavy atom. The van der Waals surface area contributed by atoms with E-state index < -0.39 is 0 Å². The first kappa shape index (κ1) is 15.9. The highest BCUT2D eigenvalue weighted by Crippen LogP contribution is 2.32. The Kier molecular flexibility index (Phi) is 4.59. The molecule has 2 aromatic carbocycles. The molecule has 1 aliphatic heterocycles. The number of aryl methyl sites for hydroxylation is 1. The van der Waals surface area contributed by atoms with Crippen molar-refractivity contribution in [3.63, 3.8) is 0 Å². The second-order valence-electron chi connectivity index (χ2n) is 5.09. The van der Waals surface area contributed by atoms with Gasteiger partial charge in [0.2, 0.25) is 0 Å². The summed E-state index contributed by atoms with van der Waals surface area (Å²) >= 11 is 7.57. The molecule has 1 saturated heterocycles. The molecule has 0 radical (unpaired) electrons. The van der Waals surface area contributed by atoms with Crippen molar-refractivity contribution in [2.45, 2.75) is 6.92 Å². The number of amides is 2. The van der Waals surface area contributed by atoms with E-state index >= 15 is 0 Å². The van der Waals surface area contributed by atoms with Crippen molar-refractivity contribution < 1.29 is 4.79 Å². The Morgan fingerprint density at radius 3 is 2.57 bits per heavy atom. The highest BCUT2D eigenvalue weighted by Gasteiger charge is 2.33. The molecule has 23 heavy (non-hydrogen) atoms. The average molecular weight is 346 g/mol. The Balaban J connectivity index is 2.03. The van der Waals surface area contributed by atoms with Crippen LogP contribution in [0.25, 0.3) is 0 Å². The van der Waals surface area contributed by atoms with Crippen LogP contribution in [0.1, 0.15) is 5.56 Å². The number of carbonyl (C=O) groups is 1. The Bertz CT molecular complexity index is 764. The van der Waals surface area contributed by atoms with Gasteiger partial charge in [0.25, 0.3) is 0 Å². The largest absolute Gasteiger partial charge is 0.335 e. The monoisotopic (exact) mass is 345 g/mol. The summed E-state index contributed by atoms with van der Waals surface area (Å²) < 4.78 is 0. The fraction of sp³-hybridized carbons (Fsp3) is 0.176. The minimum Gasteiger partial charge on any atom is -0.283 e. The molecule has 6 heteroatoms. The van der Waals surface area contributed by atoms with Crippen LogP contribution < -0.4 is 9.80 Å². The fourth-order valence-corrected chi connectivity index (χ4v) is 3.64. The van der Waals surface area contributed by atoms with Crippen LogP contribution in [0.2, 0.25) is 5.02 Å². The maximum Gasteiger partial charge on any atom is 0.335 e. The predicted octanol–water partition coefficient (Wildman–Crippen LogP) is 4.77. The zero-order valence-corrected chi connectivity index (χ0v) is 14.4. The minimum absolute atomic E-state index is 0.110. The maximum absolute atomic E-state index is 13.1. The van der Waals surface area contributed by atoms with Crippen LogP contribution in [0.3, 0.4) is 0 Å². The van der Waals surface area contributed by atoms with Gasteiger partial charge < -0.3 is 0 Å². The van der Waals surface area contributed by atoms with Gasteiger partial charge in [-0.15, -0.1) is 0 Å². The van der Waals surface area contributed by atoms with Gasteiger partial charge in [-0.2, -0.15) is 0 Å². The van der Waals surface area contributed by atoms with Crippen LogP contribution >= 0.6 is 23.4 Å². The quantitative estimate of drug-likeness (QED) is 0.785. The number of halogens is 1. The first-order valence-corrected chi connectivity index (χ1v) is 8.50. The summed E-state index contributed by atoms with van der Waals surface area (Å²) in [5.74, 6) is 0.540. The highest BCUT2D eigenvalue weighted by atomic mass is 35.5. The summed E-state index contributed by atoms with van der Waals surface area (Å²) in [7, 11) is 1.70. The van der Waals surface area contributed by atoms with Crippen molar-refractivity contribution >= 4 is 45.9 Å². The number of carbonyl (C=O) groups excluding carboxylic acids is 1. The molecule has 0 aliphatic carbocycles. The summed E-state index contributed by atoms with van der Waals surface area (Å²) in [6, 6.07) is 15.0. The molecule has 0 atom stereocenters. The highest BCUT2D eigenvalue weighted by molar-refractivity contribution is 8.14. The summed E-state index contributed by atoms with van der Waals surface area (Å²) in [6.07, 6.45) is 0. The molecular weight excluding hydrogens is 330 g/mol. The standard InChI is InChI=1S/C17H16ClN3OS/c1-12-10-13(18)8-9-15(12)21-16(19-2)23-11-20(17(21)22)14-6-4-3-5-7-14/h3-10H,11H2,1-2H3. The van der Waals surface area contributed by atoms with Crippen molar-refractivity contribution in [2.24, 2.45) is 4.99 Å². The van der Waals surface area contributed by atoms with Crippen LogP contribution in [0.4, 0.5) is 16.2 Å². The van der Waals surface area contributed by atoms with Crippen molar-refractivity contribution in [3.05, 3.63) is 59.1 Å². The normalized spacial score (nSPS) is 17.0. The predicted molar refractivity (Wildman–Crippen MR) is 98.8 cm³/mol. The summed E-state index contributed by atoms with van der Waals surface area (Å²) in [5, 5.41) is 1.34. The molecule has 3 rings (SSSR count). The van der Waals surface area contributed by atoms with Crippen molar-refractivity contribution in [1.29, 1.82) is 0 Å². The molecule has 2 amide bonds. The third-order valence-corrected chi connectivity index (χ3v) is 4.84. The molecule has 0 N–H and O–H groups in total. The number of hydrogen-bond acceptors (Lipinski definition) is 3. The van der Waals surface area contributed by atoms with E-state index in [2.05, 4.69) is 4.99 Å². The molecule has 0 spiro atoms. The zero-order chi connectivity index (χ0) is 16.4. The van der Waals surface area contributed by atoms with Gasteiger partial charge >= 0.3 is 6.03 Å². The van der Waals surface area contributed by atoms with E-state index in [0.717, 1.165) is 16.9 Å². The zero-order valence-electron chi connectivity index (χ0n) is 12.9. The molecule has 2 aromatic rings. The molecule has 0 aromatic heterocycles. The van der Waals surface area contributed by atoms with Crippen LogP contribution in [0.5, 0.6) is 0 Å². The number of aliphatic imine (C=N–C) groups is 1. The SMILES string of the molecule is CN=C1SCN(c2ccccc2)C(=O)N1c1ccc(Cl)cc1C. The number of urea groups is 1. The molecule has 0 saturated carbocycles. The molecule has 0 unspecified atom stereocenters. The number of benzene rings is 2. The molecule has 1 heterocycles. The maximum atomic E-state index is 13.1. The van der Waals surface area contributed by atoms with Gasteiger partial charge in [0.1, 0.15) is 0 Å². The van der Waals surface area contributed by atoms with Gasteiger partial charge in [-0.25, -0.2) is 9.69 Å². The third-order valence-electron chi connectivity index (χ3n) is 3.60. The van der Waals surface area contributed by atoms with Crippen LogP contribution in [-0.2, 0) is 0 Å². The first-order valence-electron chi connectivity index (χ1n) is 7.14. The van der Waals surface area contributed by atoms with E-state index in [-0.39, 0.29) is 6.03 Å². The number of anilines is 2. The lowest BCUT2D eigenvalue weighted by atomic mass is 10.2.